The summed E-state index contributed by atoms with van der Waals surface area (Å²) in [7, 11) is -0.699. The fourth-order valence-corrected chi connectivity index (χ4v) is 5.63. The third kappa shape index (κ3) is 5.96. The van der Waals surface area contributed by atoms with E-state index in [0.717, 1.165) is 0 Å². The quantitative estimate of drug-likeness (QED) is 0.633. The van der Waals surface area contributed by atoms with Gasteiger partial charge >= 0.3 is 0 Å². The van der Waals surface area contributed by atoms with Crippen molar-refractivity contribution in [3.05, 3.63) is 53.6 Å². The molecule has 0 saturated carbocycles. The Labute approximate surface area is 207 Å². The maximum absolute atomic E-state index is 13.6. The van der Waals surface area contributed by atoms with E-state index in [2.05, 4.69) is 11.8 Å². The third-order valence-electron chi connectivity index (χ3n) is 6.11. The second-order valence-corrected chi connectivity index (χ2v) is 10.6. The van der Waals surface area contributed by atoms with Crippen molar-refractivity contribution in [2.75, 3.05) is 33.9 Å². The second kappa shape index (κ2) is 11.1. The Morgan fingerprint density at radius 2 is 2.00 bits per heavy atom. The number of aliphatic hydroxyl groups is 1. The second-order valence-electron chi connectivity index (χ2n) is 8.75. The zero-order valence-corrected chi connectivity index (χ0v) is 21.5. The SMILES string of the molecule is COc1ccccc1C#Cc1ccc2c(c1)O[C@@H](CN(C)C(C)=O)[C@@H](C)CN([C@H](C)CO)S2(=O)=O. The number of methoxy groups -OCH3 is 1. The lowest BCUT2D eigenvalue weighted by Gasteiger charge is -2.37. The van der Waals surface area contributed by atoms with Gasteiger partial charge in [-0.15, -0.1) is 0 Å². The summed E-state index contributed by atoms with van der Waals surface area (Å²) in [5, 5.41) is 9.75. The number of hydrogen-bond donors (Lipinski definition) is 1. The molecule has 1 heterocycles. The van der Waals surface area contributed by atoms with Gasteiger partial charge in [0.15, 0.2) is 0 Å². The highest BCUT2D eigenvalue weighted by molar-refractivity contribution is 7.89. The van der Waals surface area contributed by atoms with Gasteiger partial charge in [0.1, 0.15) is 22.5 Å². The smallest absolute Gasteiger partial charge is 0.247 e. The number of rotatable bonds is 5. The minimum Gasteiger partial charge on any atom is -0.495 e. The number of para-hydroxylation sites is 1. The van der Waals surface area contributed by atoms with Gasteiger partial charge < -0.3 is 19.5 Å². The van der Waals surface area contributed by atoms with Gasteiger partial charge in [0.05, 0.1) is 25.8 Å². The van der Waals surface area contributed by atoms with Crippen molar-refractivity contribution in [3.63, 3.8) is 0 Å². The fraction of sp³-hybridized carbons (Fsp3) is 0.423. The van der Waals surface area contributed by atoms with E-state index in [9.17, 15) is 18.3 Å². The minimum atomic E-state index is -3.95. The molecular formula is C26H32N2O6S. The zero-order chi connectivity index (χ0) is 25.8. The van der Waals surface area contributed by atoms with Crippen molar-refractivity contribution in [2.24, 2.45) is 5.92 Å². The van der Waals surface area contributed by atoms with E-state index in [-0.39, 0.29) is 42.2 Å². The molecule has 1 aliphatic heterocycles. The van der Waals surface area contributed by atoms with Gasteiger partial charge in [-0.2, -0.15) is 4.31 Å². The van der Waals surface area contributed by atoms with Crippen LogP contribution in [0.2, 0.25) is 0 Å². The normalized spacial score (nSPS) is 20.2. The lowest BCUT2D eigenvalue weighted by Crippen LogP contribution is -2.50. The number of fused-ring (bicyclic) bond motifs is 1. The molecule has 0 aliphatic carbocycles. The number of ether oxygens (including phenoxy) is 2. The summed E-state index contributed by atoms with van der Waals surface area (Å²) < 4.78 is 40.0. The highest BCUT2D eigenvalue weighted by atomic mass is 32.2. The highest BCUT2D eigenvalue weighted by Crippen LogP contribution is 2.34. The molecule has 0 saturated heterocycles. The first-order valence-electron chi connectivity index (χ1n) is 11.4. The Morgan fingerprint density at radius 3 is 2.66 bits per heavy atom. The number of likely N-dealkylation sites (N-methyl/N-ethyl adjacent to an activating group) is 1. The number of nitrogens with zero attached hydrogens (tertiary/aromatic N) is 2. The molecule has 1 N–H and O–H groups in total. The third-order valence-corrected chi connectivity index (χ3v) is 8.13. The van der Waals surface area contributed by atoms with Crippen LogP contribution < -0.4 is 9.47 Å². The predicted octanol–water partition coefficient (Wildman–Crippen LogP) is 2.34. The molecule has 1 aliphatic rings. The topological polar surface area (TPSA) is 96.4 Å². The molecule has 0 spiro atoms. The number of hydrogen-bond acceptors (Lipinski definition) is 6. The lowest BCUT2D eigenvalue weighted by molar-refractivity contribution is -0.129. The molecular weight excluding hydrogens is 468 g/mol. The van der Waals surface area contributed by atoms with Crippen molar-refractivity contribution in [1.82, 2.24) is 9.21 Å². The molecule has 35 heavy (non-hydrogen) atoms. The average molecular weight is 501 g/mol. The molecule has 0 radical (unpaired) electrons. The first-order chi connectivity index (χ1) is 16.6. The number of benzene rings is 2. The van der Waals surface area contributed by atoms with Crippen LogP contribution in [0.5, 0.6) is 11.5 Å². The largest absolute Gasteiger partial charge is 0.495 e. The van der Waals surface area contributed by atoms with E-state index in [0.29, 0.717) is 16.9 Å². The van der Waals surface area contributed by atoms with Crippen LogP contribution in [-0.2, 0) is 14.8 Å². The monoisotopic (exact) mass is 500 g/mol. The molecule has 0 unspecified atom stereocenters. The van der Waals surface area contributed by atoms with Crippen LogP contribution in [0, 0.1) is 17.8 Å². The molecule has 1 amide bonds. The molecule has 0 aromatic heterocycles. The van der Waals surface area contributed by atoms with E-state index in [4.69, 9.17) is 9.47 Å². The Kier molecular flexibility index (Phi) is 8.43. The van der Waals surface area contributed by atoms with E-state index in [1.165, 1.54) is 17.3 Å². The summed E-state index contributed by atoms with van der Waals surface area (Å²) in [5.41, 5.74) is 1.27. The van der Waals surface area contributed by atoms with Crippen molar-refractivity contribution >= 4 is 15.9 Å². The molecule has 8 nitrogen and oxygen atoms in total. The van der Waals surface area contributed by atoms with Crippen molar-refractivity contribution in [3.8, 4) is 23.3 Å². The fourth-order valence-electron chi connectivity index (χ4n) is 3.81. The average Bonchev–Trinajstić information content (AvgIpc) is 2.84. The van der Waals surface area contributed by atoms with Gasteiger partial charge in [0, 0.05) is 38.0 Å². The number of carbonyl (C=O) groups is 1. The molecule has 188 valence electrons. The van der Waals surface area contributed by atoms with Crippen molar-refractivity contribution < 1.29 is 27.8 Å². The molecule has 2 aromatic rings. The van der Waals surface area contributed by atoms with E-state index >= 15 is 0 Å². The van der Waals surface area contributed by atoms with Crippen LogP contribution in [0.15, 0.2) is 47.4 Å². The van der Waals surface area contributed by atoms with E-state index in [1.807, 2.05) is 31.2 Å². The molecule has 3 rings (SSSR count). The van der Waals surface area contributed by atoms with Gasteiger partial charge in [0.2, 0.25) is 15.9 Å². The van der Waals surface area contributed by atoms with Crippen LogP contribution in [-0.4, -0.2) is 74.6 Å². The van der Waals surface area contributed by atoms with Crippen molar-refractivity contribution in [2.45, 2.75) is 37.8 Å². The van der Waals surface area contributed by atoms with Crippen LogP contribution in [0.4, 0.5) is 0 Å². The van der Waals surface area contributed by atoms with Gasteiger partial charge in [-0.1, -0.05) is 30.9 Å². The number of aliphatic hydroxyl groups excluding tert-OH is 1. The summed E-state index contributed by atoms with van der Waals surface area (Å²) in [6, 6.07) is 11.5. The van der Waals surface area contributed by atoms with Gasteiger partial charge in [-0.3, -0.25) is 4.79 Å². The molecule has 2 aromatic carbocycles. The summed E-state index contributed by atoms with van der Waals surface area (Å²) in [6.07, 6.45) is -0.469. The van der Waals surface area contributed by atoms with Gasteiger partial charge in [-0.05, 0) is 37.3 Å². The molecule has 9 heteroatoms. The van der Waals surface area contributed by atoms with Crippen LogP contribution in [0.3, 0.4) is 0 Å². The summed E-state index contributed by atoms with van der Waals surface area (Å²) in [4.78, 5) is 13.4. The maximum Gasteiger partial charge on any atom is 0.247 e. The molecule has 0 fully saturated rings. The van der Waals surface area contributed by atoms with Gasteiger partial charge in [0.25, 0.3) is 0 Å². The van der Waals surface area contributed by atoms with E-state index in [1.54, 1.807) is 38.1 Å². The summed E-state index contributed by atoms with van der Waals surface area (Å²) in [6.45, 7) is 5.13. The first kappa shape index (κ1) is 26.5. The number of sulfonamides is 1. The highest BCUT2D eigenvalue weighted by Gasteiger charge is 2.38. The molecule has 0 bridgehead atoms. The van der Waals surface area contributed by atoms with Crippen LogP contribution in [0.1, 0.15) is 31.9 Å². The number of amides is 1. The Bertz CT molecular complexity index is 1230. The summed E-state index contributed by atoms with van der Waals surface area (Å²) >= 11 is 0. The standard InChI is InChI=1S/C26H32N2O6S/c1-18-15-28(19(2)17-29)35(31,32)26-13-11-21(10-12-22-8-6-7-9-23(22)33-5)14-24(26)34-25(18)16-27(4)20(3)30/h6-9,11,13-14,18-19,25,29H,15-17H2,1-5H3/t18-,19+,25-/m0/s1. The summed E-state index contributed by atoms with van der Waals surface area (Å²) in [5.74, 6) is 6.55. The molecule has 3 atom stereocenters. The zero-order valence-electron chi connectivity index (χ0n) is 20.7. The lowest BCUT2D eigenvalue weighted by atomic mass is 10.0. The maximum atomic E-state index is 13.6. The van der Waals surface area contributed by atoms with Crippen molar-refractivity contribution in [1.29, 1.82) is 0 Å². The Hall–Kier alpha value is -3.06. The van der Waals surface area contributed by atoms with Crippen LogP contribution >= 0.6 is 0 Å². The Balaban J connectivity index is 2.09. The Morgan fingerprint density at radius 1 is 1.29 bits per heavy atom. The number of carbonyl (C=O) groups excluding carboxylic acids is 1. The predicted molar refractivity (Wildman–Crippen MR) is 133 cm³/mol. The van der Waals surface area contributed by atoms with Crippen LogP contribution in [0.25, 0.3) is 0 Å². The minimum absolute atomic E-state index is 0.00280. The first-order valence-corrected chi connectivity index (χ1v) is 12.8. The van der Waals surface area contributed by atoms with E-state index < -0.39 is 22.2 Å². The van der Waals surface area contributed by atoms with Gasteiger partial charge in [-0.25, -0.2) is 8.42 Å².